The van der Waals surface area contributed by atoms with Crippen molar-refractivity contribution in [1.82, 2.24) is 9.47 Å². The van der Waals surface area contributed by atoms with Gasteiger partial charge < -0.3 is 9.47 Å². The van der Waals surface area contributed by atoms with E-state index in [0.717, 1.165) is 32.1 Å². The first-order chi connectivity index (χ1) is 9.91. The third-order valence-corrected chi connectivity index (χ3v) is 4.90. The number of sulfonamides is 1. The standard InChI is InChI=1S/C14H21N3O3S/c1-2-7-16(10-3-4-10)14(18)13-8-12(21(15,19)20)9-17(13)11-5-6-11/h8-11H,2-7H2,1H3,(H2,15,19,20). The Morgan fingerprint density at radius 3 is 2.52 bits per heavy atom. The van der Waals surface area contributed by atoms with Gasteiger partial charge in [-0.1, -0.05) is 6.92 Å². The predicted octanol–water partition coefficient (Wildman–Crippen LogP) is 1.48. The average molecular weight is 311 g/mol. The van der Waals surface area contributed by atoms with Crippen molar-refractivity contribution in [3.05, 3.63) is 18.0 Å². The molecule has 0 saturated heterocycles. The fourth-order valence-corrected chi connectivity index (χ4v) is 3.20. The lowest BCUT2D eigenvalue weighted by atomic mass is 10.3. The topological polar surface area (TPSA) is 85.4 Å². The predicted molar refractivity (Wildman–Crippen MR) is 78.4 cm³/mol. The van der Waals surface area contributed by atoms with Crippen molar-refractivity contribution in [2.45, 2.75) is 56.0 Å². The molecule has 7 heteroatoms. The van der Waals surface area contributed by atoms with Crippen LogP contribution in [0.3, 0.4) is 0 Å². The van der Waals surface area contributed by atoms with E-state index in [1.54, 1.807) is 4.57 Å². The van der Waals surface area contributed by atoms with Gasteiger partial charge in [0.25, 0.3) is 5.91 Å². The molecule has 2 fully saturated rings. The highest BCUT2D eigenvalue weighted by Gasteiger charge is 2.36. The molecule has 116 valence electrons. The molecule has 0 aromatic carbocycles. The minimum absolute atomic E-state index is 0.0324. The van der Waals surface area contributed by atoms with E-state index in [9.17, 15) is 13.2 Å². The molecule has 1 heterocycles. The van der Waals surface area contributed by atoms with Gasteiger partial charge in [0.1, 0.15) is 10.6 Å². The largest absolute Gasteiger partial charge is 0.339 e. The quantitative estimate of drug-likeness (QED) is 0.863. The van der Waals surface area contributed by atoms with Crippen LogP contribution in [0.2, 0.25) is 0 Å². The van der Waals surface area contributed by atoms with E-state index >= 15 is 0 Å². The van der Waals surface area contributed by atoms with Gasteiger partial charge in [0.05, 0.1) is 0 Å². The lowest BCUT2D eigenvalue weighted by Gasteiger charge is -2.22. The molecule has 6 nitrogen and oxygen atoms in total. The molecule has 2 aliphatic carbocycles. The lowest BCUT2D eigenvalue weighted by Crippen LogP contribution is -2.35. The molecule has 3 rings (SSSR count). The van der Waals surface area contributed by atoms with E-state index in [2.05, 4.69) is 0 Å². The average Bonchev–Trinajstić information content (AvgIpc) is 3.32. The third-order valence-electron chi connectivity index (χ3n) is 4.02. The van der Waals surface area contributed by atoms with Crippen molar-refractivity contribution in [3.63, 3.8) is 0 Å². The zero-order valence-corrected chi connectivity index (χ0v) is 13.0. The van der Waals surface area contributed by atoms with E-state index < -0.39 is 10.0 Å². The molecule has 1 aromatic rings. The lowest BCUT2D eigenvalue weighted by molar-refractivity contribution is 0.0732. The van der Waals surface area contributed by atoms with Crippen LogP contribution in [0.4, 0.5) is 0 Å². The van der Waals surface area contributed by atoms with E-state index in [0.29, 0.717) is 18.3 Å². The minimum Gasteiger partial charge on any atom is -0.339 e. The maximum absolute atomic E-state index is 12.8. The second kappa shape index (κ2) is 5.14. The van der Waals surface area contributed by atoms with Crippen LogP contribution >= 0.6 is 0 Å². The first-order valence-electron chi connectivity index (χ1n) is 7.47. The van der Waals surface area contributed by atoms with Crippen LogP contribution in [0.5, 0.6) is 0 Å². The SMILES string of the molecule is CCCN(C(=O)c1cc(S(N)(=O)=O)cn1C1CC1)C1CC1. The highest BCUT2D eigenvalue weighted by atomic mass is 32.2. The van der Waals surface area contributed by atoms with Crippen LogP contribution in [-0.4, -0.2) is 36.4 Å². The Bertz CT molecular complexity index is 657. The fraction of sp³-hybridized carbons (Fsp3) is 0.643. The van der Waals surface area contributed by atoms with Gasteiger partial charge >= 0.3 is 0 Å². The summed E-state index contributed by atoms with van der Waals surface area (Å²) in [5.41, 5.74) is 0.460. The zero-order valence-electron chi connectivity index (χ0n) is 12.2. The summed E-state index contributed by atoms with van der Waals surface area (Å²) in [6.45, 7) is 2.75. The van der Waals surface area contributed by atoms with E-state index in [1.807, 2.05) is 11.8 Å². The molecular formula is C14H21N3O3S. The Morgan fingerprint density at radius 2 is 2.05 bits per heavy atom. The Morgan fingerprint density at radius 1 is 1.38 bits per heavy atom. The van der Waals surface area contributed by atoms with Crippen LogP contribution in [0, 0.1) is 0 Å². The van der Waals surface area contributed by atoms with Gasteiger partial charge in [0.15, 0.2) is 0 Å². The summed E-state index contributed by atoms with van der Waals surface area (Å²) in [4.78, 5) is 14.7. The molecule has 1 aromatic heterocycles. The maximum atomic E-state index is 12.8. The molecular weight excluding hydrogens is 290 g/mol. The number of primary sulfonamides is 1. The number of hydrogen-bond donors (Lipinski definition) is 1. The first-order valence-corrected chi connectivity index (χ1v) is 9.02. The Labute approximate surface area is 125 Å². The normalized spacial score (nSPS) is 18.8. The summed E-state index contributed by atoms with van der Waals surface area (Å²) in [6.07, 6.45) is 6.45. The summed E-state index contributed by atoms with van der Waals surface area (Å²) >= 11 is 0. The molecule has 0 aliphatic heterocycles. The highest BCUT2D eigenvalue weighted by molar-refractivity contribution is 7.89. The number of rotatable bonds is 6. The summed E-state index contributed by atoms with van der Waals surface area (Å²) in [5, 5.41) is 5.20. The third kappa shape index (κ3) is 2.98. The molecule has 0 radical (unpaired) electrons. The first kappa shape index (κ1) is 14.6. The van der Waals surface area contributed by atoms with Crippen molar-refractivity contribution in [3.8, 4) is 0 Å². The fourth-order valence-electron chi connectivity index (χ4n) is 2.66. The number of hydrogen-bond acceptors (Lipinski definition) is 3. The van der Waals surface area contributed by atoms with Gasteiger partial charge in [-0.2, -0.15) is 0 Å². The second-order valence-corrected chi connectivity index (χ2v) is 7.54. The second-order valence-electron chi connectivity index (χ2n) is 5.97. The minimum atomic E-state index is -3.78. The number of nitrogens with two attached hydrogens (primary N) is 1. The van der Waals surface area contributed by atoms with Gasteiger partial charge in [0.2, 0.25) is 10.0 Å². The molecule has 2 aliphatic rings. The summed E-state index contributed by atoms with van der Waals surface area (Å²) in [7, 11) is -3.78. The Kier molecular flexibility index (Phi) is 3.57. The van der Waals surface area contributed by atoms with E-state index in [-0.39, 0.29) is 16.8 Å². The Hall–Kier alpha value is -1.34. The molecule has 0 spiro atoms. The van der Waals surface area contributed by atoms with Gasteiger partial charge in [0, 0.05) is 24.8 Å². The number of amides is 1. The van der Waals surface area contributed by atoms with Crippen LogP contribution in [-0.2, 0) is 10.0 Å². The summed E-state index contributed by atoms with van der Waals surface area (Å²) in [5.74, 6) is -0.0684. The van der Waals surface area contributed by atoms with Crippen LogP contribution in [0.1, 0.15) is 55.6 Å². The molecule has 21 heavy (non-hydrogen) atoms. The van der Waals surface area contributed by atoms with Crippen molar-refractivity contribution in [2.75, 3.05) is 6.54 Å². The highest BCUT2D eigenvalue weighted by Crippen LogP contribution is 2.38. The molecule has 2 saturated carbocycles. The Balaban J connectivity index is 1.96. The van der Waals surface area contributed by atoms with Crippen LogP contribution in [0.15, 0.2) is 17.2 Å². The van der Waals surface area contributed by atoms with E-state index in [4.69, 9.17) is 5.14 Å². The van der Waals surface area contributed by atoms with Crippen LogP contribution in [0.25, 0.3) is 0 Å². The molecule has 0 unspecified atom stereocenters. The molecule has 0 atom stereocenters. The van der Waals surface area contributed by atoms with Gasteiger partial charge in [-0.15, -0.1) is 0 Å². The number of carbonyl (C=O) groups excluding carboxylic acids is 1. The molecule has 2 N–H and O–H groups in total. The number of aromatic nitrogens is 1. The zero-order chi connectivity index (χ0) is 15.2. The van der Waals surface area contributed by atoms with E-state index in [1.165, 1.54) is 12.3 Å². The maximum Gasteiger partial charge on any atom is 0.270 e. The monoisotopic (exact) mass is 311 g/mol. The smallest absolute Gasteiger partial charge is 0.270 e. The van der Waals surface area contributed by atoms with Crippen molar-refractivity contribution in [2.24, 2.45) is 5.14 Å². The van der Waals surface area contributed by atoms with Crippen molar-refractivity contribution >= 4 is 15.9 Å². The molecule has 0 bridgehead atoms. The van der Waals surface area contributed by atoms with Gasteiger partial charge in [-0.3, -0.25) is 4.79 Å². The van der Waals surface area contributed by atoms with Crippen molar-refractivity contribution in [1.29, 1.82) is 0 Å². The number of carbonyl (C=O) groups is 1. The summed E-state index contributed by atoms with van der Waals surface area (Å²) < 4.78 is 24.9. The van der Waals surface area contributed by atoms with Crippen molar-refractivity contribution < 1.29 is 13.2 Å². The van der Waals surface area contributed by atoms with Crippen LogP contribution < -0.4 is 5.14 Å². The molecule has 1 amide bonds. The number of nitrogens with zero attached hydrogens (tertiary/aromatic N) is 2. The van der Waals surface area contributed by atoms with Gasteiger partial charge in [-0.05, 0) is 38.2 Å². The van der Waals surface area contributed by atoms with Gasteiger partial charge in [-0.25, -0.2) is 13.6 Å². The summed E-state index contributed by atoms with van der Waals surface area (Å²) in [6, 6.07) is 1.99.